The molecule has 0 atom stereocenters. The lowest BCUT2D eigenvalue weighted by molar-refractivity contribution is 1.18. The molecule has 0 aliphatic carbocycles. The van der Waals surface area contributed by atoms with Gasteiger partial charge in [0.1, 0.15) is 11.5 Å². The zero-order chi connectivity index (χ0) is 14.3. The second kappa shape index (κ2) is 7.48. The summed E-state index contributed by atoms with van der Waals surface area (Å²) in [5.41, 5.74) is 7.67. The minimum atomic E-state index is -0.117. The van der Waals surface area contributed by atoms with Crippen molar-refractivity contribution in [2.45, 2.75) is 41.5 Å². The fourth-order valence-electron chi connectivity index (χ4n) is 1.36. The summed E-state index contributed by atoms with van der Waals surface area (Å²) in [6.45, 7) is 11.7. The molecule has 4 heteroatoms. The quantitative estimate of drug-likeness (QED) is 0.753. The average Bonchev–Trinajstić information content (AvgIpc) is 2.38. The van der Waals surface area contributed by atoms with Crippen LogP contribution in [-0.2, 0) is 0 Å². The number of aryl methyl sites for hydroxylation is 2. The summed E-state index contributed by atoms with van der Waals surface area (Å²) in [5.74, 6) is 0.456. The fourth-order valence-corrected chi connectivity index (χ4v) is 1.36. The van der Waals surface area contributed by atoms with E-state index in [1.807, 2.05) is 46.8 Å². The van der Waals surface area contributed by atoms with Gasteiger partial charge < -0.3 is 10.7 Å². The first-order valence-corrected chi connectivity index (χ1v) is 6.34. The Bertz CT molecular complexity index is 559. The third-order valence-corrected chi connectivity index (χ3v) is 2.24. The highest BCUT2D eigenvalue weighted by molar-refractivity contribution is 5.78. The van der Waals surface area contributed by atoms with Crippen molar-refractivity contribution >= 4 is 16.9 Å². The Kier molecular flexibility index (Phi) is 6.71. The van der Waals surface area contributed by atoms with Crippen LogP contribution in [0.25, 0.3) is 11.0 Å². The maximum atomic E-state index is 11.3. The van der Waals surface area contributed by atoms with Gasteiger partial charge >= 0.3 is 0 Å². The number of nitrogen functional groups attached to an aromatic ring is 1. The summed E-state index contributed by atoms with van der Waals surface area (Å²) in [5, 5.41) is 0.911. The monoisotopic (exact) mass is 249 g/mol. The molecule has 100 valence electrons. The highest BCUT2D eigenvalue weighted by Crippen LogP contribution is 2.15. The summed E-state index contributed by atoms with van der Waals surface area (Å²) >= 11 is 0. The Morgan fingerprint density at radius 2 is 1.56 bits per heavy atom. The maximum Gasteiger partial charge on any atom is 0.252 e. The van der Waals surface area contributed by atoms with E-state index in [4.69, 9.17) is 5.73 Å². The molecule has 2 aromatic rings. The highest BCUT2D eigenvalue weighted by atomic mass is 16.1. The second-order valence-electron chi connectivity index (χ2n) is 3.41. The number of hydrogen-bond acceptors (Lipinski definition) is 3. The molecule has 0 bridgehead atoms. The molecule has 18 heavy (non-hydrogen) atoms. The maximum absolute atomic E-state index is 11.3. The van der Waals surface area contributed by atoms with Gasteiger partial charge in [0.15, 0.2) is 0 Å². The van der Waals surface area contributed by atoms with Gasteiger partial charge in [-0.25, -0.2) is 4.98 Å². The van der Waals surface area contributed by atoms with Gasteiger partial charge in [-0.1, -0.05) is 27.7 Å². The molecular formula is C14H23N3O. The second-order valence-corrected chi connectivity index (χ2v) is 3.41. The molecule has 2 aromatic heterocycles. The van der Waals surface area contributed by atoms with Gasteiger partial charge in [0.2, 0.25) is 0 Å². The van der Waals surface area contributed by atoms with E-state index in [-0.39, 0.29) is 5.56 Å². The first-order chi connectivity index (χ1) is 8.58. The molecule has 0 unspecified atom stereocenters. The minimum Gasteiger partial charge on any atom is -0.383 e. The topological polar surface area (TPSA) is 71.8 Å². The molecule has 3 N–H and O–H groups in total. The largest absolute Gasteiger partial charge is 0.383 e. The summed E-state index contributed by atoms with van der Waals surface area (Å²) in [4.78, 5) is 18.1. The van der Waals surface area contributed by atoms with Gasteiger partial charge in [0.25, 0.3) is 5.56 Å². The van der Waals surface area contributed by atoms with Crippen molar-refractivity contribution in [2.24, 2.45) is 0 Å². The van der Waals surface area contributed by atoms with Gasteiger partial charge in [-0.15, -0.1) is 0 Å². The van der Waals surface area contributed by atoms with Gasteiger partial charge in [-0.05, 0) is 31.5 Å². The van der Waals surface area contributed by atoms with Crippen molar-refractivity contribution in [3.8, 4) is 0 Å². The lowest BCUT2D eigenvalue weighted by atomic mass is 10.2. The Morgan fingerprint density at radius 3 is 2.11 bits per heavy atom. The molecule has 0 radical (unpaired) electrons. The van der Waals surface area contributed by atoms with Crippen molar-refractivity contribution < 1.29 is 0 Å². The fraction of sp³-hybridized carbons (Fsp3) is 0.429. The molecule has 0 spiro atoms. The molecule has 0 amide bonds. The van der Waals surface area contributed by atoms with Crippen LogP contribution in [0.3, 0.4) is 0 Å². The molecule has 2 heterocycles. The van der Waals surface area contributed by atoms with Crippen molar-refractivity contribution in [1.82, 2.24) is 9.97 Å². The Hall–Kier alpha value is -1.84. The predicted octanol–water partition coefficient (Wildman–Crippen LogP) is 3.17. The van der Waals surface area contributed by atoms with E-state index >= 15 is 0 Å². The smallest absolute Gasteiger partial charge is 0.252 e. The third-order valence-electron chi connectivity index (χ3n) is 2.24. The summed E-state index contributed by atoms with van der Waals surface area (Å²) in [7, 11) is 0. The summed E-state index contributed by atoms with van der Waals surface area (Å²) in [6, 6.07) is 3.73. The van der Waals surface area contributed by atoms with Gasteiger partial charge in [-0.2, -0.15) is 0 Å². The Labute approximate surface area is 108 Å². The van der Waals surface area contributed by atoms with Crippen molar-refractivity contribution in [3.05, 3.63) is 33.6 Å². The minimum absolute atomic E-state index is 0.117. The van der Waals surface area contributed by atoms with E-state index in [0.29, 0.717) is 17.0 Å². The number of pyridine rings is 2. The molecule has 0 fully saturated rings. The zero-order valence-electron chi connectivity index (χ0n) is 12.1. The Morgan fingerprint density at radius 1 is 1.06 bits per heavy atom. The van der Waals surface area contributed by atoms with Crippen LogP contribution >= 0.6 is 0 Å². The molecular weight excluding hydrogens is 226 g/mol. The molecule has 0 saturated carbocycles. The third kappa shape index (κ3) is 3.58. The number of nitrogens with two attached hydrogens (primary N) is 1. The van der Waals surface area contributed by atoms with Gasteiger partial charge in [0, 0.05) is 10.9 Å². The zero-order valence-corrected chi connectivity index (χ0v) is 12.1. The summed E-state index contributed by atoms with van der Waals surface area (Å²) < 4.78 is 0. The first-order valence-electron chi connectivity index (χ1n) is 6.34. The predicted molar refractivity (Wildman–Crippen MR) is 78.9 cm³/mol. The van der Waals surface area contributed by atoms with Crippen molar-refractivity contribution in [1.29, 1.82) is 0 Å². The van der Waals surface area contributed by atoms with Crippen LogP contribution in [0.1, 0.15) is 38.8 Å². The van der Waals surface area contributed by atoms with E-state index in [2.05, 4.69) is 9.97 Å². The first kappa shape index (κ1) is 16.2. The van der Waals surface area contributed by atoms with Crippen molar-refractivity contribution in [3.63, 3.8) is 0 Å². The number of aromatic nitrogens is 2. The van der Waals surface area contributed by atoms with Crippen LogP contribution in [0.2, 0.25) is 0 Å². The number of H-pyrrole nitrogens is 1. The molecule has 0 aromatic carbocycles. The number of nitrogens with zero attached hydrogens (tertiary/aromatic N) is 1. The average molecular weight is 249 g/mol. The number of nitrogens with one attached hydrogen (secondary N) is 1. The lowest BCUT2D eigenvalue weighted by Gasteiger charge is -2.02. The van der Waals surface area contributed by atoms with Crippen LogP contribution in [-0.4, -0.2) is 9.97 Å². The van der Waals surface area contributed by atoms with Crippen LogP contribution in [0.4, 0.5) is 5.82 Å². The van der Waals surface area contributed by atoms with Crippen LogP contribution in [0.5, 0.6) is 0 Å². The molecule has 0 aliphatic rings. The standard InChI is InChI=1S/C10H11N3O.2C2H6/c1-5-3-7-4-6(2)10(14)13-9(7)12-8(5)11;2*1-2/h3-4H,1-2H3,(H3,11,12,13,14);2*1-2H3. The van der Waals surface area contributed by atoms with E-state index in [1.165, 1.54) is 0 Å². The molecule has 4 nitrogen and oxygen atoms in total. The van der Waals surface area contributed by atoms with Gasteiger partial charge in [-0.3, -0.25) is 4.79 Å². The van der Waals surface area contributed by atoms with E-state index in [1.54, 1.807) is 6.92 Å². The number of fused-ring (bicyclic) bond motifs is 1. The van der Waals surface area contributed by atoms with E-state index in [0.717, 1.165) is 10.9 Å². The van der Waals surface area contributed by atoms with E-state index in [9.17, 15) is 4.79 Å². The van der Waals surface area contributed by atoms with Crippen LogP contribution < -0.4 is 11.3 Å². The lowest BCUT2D eigenvalue weighted by Crippen LogP contribution is -2.10. The van der Waals surface area contributed by atoms with Gasteiger partial charge in [0.05, 0.1) is 0 Å². The SMILES string of the molecule is CC.CC.Cc1cc2cc(C)c(=O)[nH]c2nc1N. The molecule has 0 aliphatic heterocycles. The normalized spacial score (nSPS) is 9.00. The highest BCUT2D eigenvalue weighted by Gasteiger charge is 2.02. The number of hydrogen-bond donors (Lipinski definition) is 2. The Balaban J connectivity index is 0.000000659. The number of aromatic amines is 1. The van der Waals surface area contributed by atoms with Crippen LogP contribution in [0, 0.1) is 13.8 Å². The number of rotatable bonds is 0. The molecule has 2 rings (SSSR count). The van der Waals surface area contributed by atoms with Crippen molar-refractivity contribution in [2.75, 3.05) is 5.73 Å². The molecule has 0 saturated heterocycles. The van der Waals surface area contributed by atoms with Crippen LogP contribution in [0.15, 0.2) is 16.9 Å². The summed E-state index contributed by atoms with van der Waals surface area (Å²) in [6.07, 6.45) is 0. The van der Waals surface area contributed by atoms with E-state index < -0.39 is 0 Å². The number of anilines is 1.